The summed E-state index contributed by atoms with van der Waals surface area (Å²) in [7, 11) is 0. The van der Waals surface area contributed by atoms with Gasteiger partial charge in [-0.3, -0.25) is 4.98 Å². The topological polar surface area (TPSA) is 42.4 Å². The molecule has 0 aliphatic carbocycles. The maximum atomic E-state index is 10.1. The van der Waals surface area contributed by atoms with Crippen molar-refractivity contribution in [1.82, 2.24) is 4.98 Å². The molecule has 0 saturated heterocycles. The summed E-state index contributed by atoms with van der Waals surface area (Å²) in [6.07, 6.45) is 0.936. The van der Waals surface area contributed by atoms with Crippen LogP contribution < -0.4 is 4.74 Å². The Morgan fingerprint density at radius 2 is 1.75 bits per heavy atom. The highest BCUT2D eigenvalue weighted by Crippen LogP contribution is 2.26. The molecule has 3 heteroatoms. The third-order valence-electron chi connectivity index (χ3n) is 3.18. The summed E-state index contributed by atoms with van der Waals surface area (Å²) in [4.78, 5) is 4.12. The fourth-order valence-corrected chi connectivity index (χ4v) is 2.15. The summed E-state index contributed by atoms with van der Waals surface area (Å²) in [6, 6.07) is 19.4. The van der Waals surface area contributed by atoms with Crippen molar-refractivity contribution in [2.45, 2.75) is 6.10 Å². The largest absolute Gasteiger partial charge is 0.490 e. The van der Waals surface area contributed by atoms with Crippen LogP contribution in [0.25, 0.3) is 10.8 Å². The molecule has 0 amide bonds. The number of fused-ring (bicyclic) bond motifs is 1. The molecule has 1 unspecified atom stereocenters. The predicted molar refractivity (Wildman–Crippen MR) is 78.6 cm³/mol. The van der Waals surface area contributed by atoms with E-state index in [0.29, 0.717) is 5.69 Å². The lowest BCUT2D eigenvalue weighted by molar-refractivity contribution is 0.105. The average Bonchev–Trinajstić information content (AvgIpc) is 2.53. The normalized spacial score (nSPS) is 12.2. The van der Waals surface area contributed by atoms with Gasteiger partial charge in [-0.25, -0.2) is 0 Å². The van der Waals surface area contributed by atoms with Crippen LogP contribution in [0, 0.1) is 0 Å². The number of pyridine rings is 1. The van der Waals surface area contributed by atoms with Gasteiger partial charge in [0.15, 0.2) is 0 Å². The van der Waals surface area contributed by atoms with Gasteiger partial charge in [-0.1, -0.05) is 42.5 Å². The SMILES string of the molecule is OC(COc1cccc2ccccc12)c1ccccn1. The molecule has 0 fully saturated rings. The van der Waals surface area contributed by atoms with E-state index in [2.05, 4.69) is 4.98 Å². The molecule has 100 valence electrons. The molecular weight excluding hydrogens is 250 g/mol. The Labute approximate surface area is 117 Å². The Balaban J connectivity index is 1.77. The Kier molecular flexibility index (Phi) is 3.61. The van der Waals surface area contributed by atoms with Crippen molar-refractivity contribution in [2.24, 2.45) is 0 Å². The molecule has 3 nitrogen and oxygen atoms in total. The fourth-order valence-electron chi connectivity index (χ4n) is 2.15. The standard InChI is InChI=1S/C17H15NO2/c19-16(15-9-3-4-11-18-15)12-20-17-10-5-7-13-6-1-2-8-14(13)17/h1-11,16,19H,12H2. The molecule has 0 spiro atoms. The predicted octanol–water partition coefficient (Wildman–Crippen LogP) is 3.35. The second-order valence-corrected chi connectivity index (χ2v) is 4.56. The Morgan fingerprint density at radius 1 is 0.950 bits per heavy atom. The highest BCUT2D eigenvalue weighted by Gasteiger charge is 2.10. The lowest BCUT2D eigenvalue weighted by Crippen LogP contribution is -2.11. The van der Waals surface area contributed by atoms with E-state index in [1.807, 2.05) is 54.6 Å². The zero-order valence-electron chi connectivity index (χ0n) is 10.9. The molecule has 20 heavy (non-hydrogen) atoms. The first kappa shape index (κ1) is 12.6. The molecular formula is C17H15NO2. The summed E-state index contributed by atoms with van der Waals surface area (Å²) >= 11 is 0. The lowest BCUT2D eigenvalue weighted by atomic mass is 10.1. The van der Waals surface area contributed by atoms with Crippen LogP contribution in [0.5, 0.6) is 5.75 Å². The molecule has 0 saturated carbocycles. The molecule has 0 aliphatic heterocycles. The van der Waals surface area contributed by atoms with Gasteiger partial charge in [0.05, 0.1) is 5.69 Å². The zero-order valence-corrected chi connectivity index (χ0v) is 10.9. The van der Waals surface area contributed by atoms with Crippen LogP contribution in [0.15, 0.2) is 66.9 Å². The molecule has 3 aromatic rings. The maximum absolute atomic E-state index is 10.1. The van der Waals surface area contributed by atoms with Gasteiger partial charge in [0.2, 0.25) is 0 Å². The van der Waals surface area contributed by atoms with E-state index in [0.717, 1.165) is 16.5 Å². The van der Waals surface area contributed by atoms with Crippen molar-refractivity contribution < 1.29 is 9.84 Å². The number of benzene rings is 2. The Morgan fingerprint density at radius 3 is 2.60 bits per heavy atom. The van der Waals surface area contributed by atoms with E-state index in [1.165, 1.54) is 0 Å². The number of aromatic nitrogens is 1. The van der Waals surface area contributed by atoms with Crippen molar-refractivity contribution in [3.8, 4) is 5.75 Å². The molecule has 3 rings (SSSR count). The molecule has 1 heterocycles. The van der Waals surface area contributed by atoms with Gasteiger partial charge in [-0.15, -0.1) is 0 Å². The first-order valence-electron chi connectivity index (χ1n) is 6.54. The zero-order chi connectivity index (χ0) is 13.8. The lowest BCUT2D eigenvalue weighted by Gasteiger charge is -2.13. The summed E-state index contributed by atoms with van der Waals surface area (Å²) in [5, 5.41) is 12.2. The third kappa shape index (κ3) is 2.63. The van der Waals surface area contributed by atoms with E-state index < -0.39 is 6.10 Å². The minimum absolute atomic E-state index is 0.186. The number of nitrogens with zero attached hydrogens (tertiary/aromatic N) is 1. The van der Waals surface area contributed by atoms with Gasteiger partial charge in [0, 0.05) is 11.6 Å². The summed E-state index contributed by atoms with van der Waals surface area (Å²) in [6.45, 7) is 0.186. The van der Waals surface area contributed by atoms with Crippen molar-refractivity contribution in [1.29, 1.82) is 0 Å². The van der Waals surface area contributed by atoms with Crippen molar-refractivity contribution in [3.63, 3.8) is 0 Å². The molecule has 0 bridgehead atoms. The summed E-state index contributed by atoms with van der Waals surface area (Å²) < 4.78 is 5.75. The molecule has 2 aromatic carbocycles. The van der Waals surface area contributed by atoms with Crippen LogP contribution in [0.4, 0.5) is 0 Å². The average molecular weight is 265 g/mol. The smallest absolute Gasteiger partial charge is 0.130 e. The van der Waals surface area contributed by atoms with E-state index in [4.69, 9.17) is 4.74 Å². The fraction of sp³-hybridized carbons (Fsp3) is 0.118. The quantitative estimate of drug-likeness (QED) is 0.786. The third-order valence-corrected chi connectivity index (χ3v) is 3.18. The highest BCUT2D eigenvalue weighted by molar-refractivity contribution is 5.88. The first-order chi connectivity index (χ1) is 9.84. The number of aliphatic hydroxyl groups excluding tert-OH is 1. The van der Waals surface area contributed by atoms with Crippen molar-refractivity contribution in [3.05, 3.63) is 72.6 Å². The van der Waals surface area contributed by atoms with Crippen LogP contribution in [0.1, 0.15) is 11.8 Å². The molecule has 1 atom stereocenters. The van der Waals surface area contributed by atoms with Crippen molar-refractivity contribution in [2.75, 3.05) is 6.61 Å². The number of ether oxygens (including phenoxy) is 1. The maximum Gasteiger partial charge on any atom is 0.130 e. The minimum Gasteiger partial charge on any atom is -0.490 e. The van der Waals surface area contributed by atoms with Gasteiger partial charge in [0.1, 0.15) is 18.5 Å². The summed E-state index contributed by atoms with van der Waals surface area (Å²) in [5.41, 5.74) is 0.618. The number of aliphatic hydroxyl groups is 1. The highest BCUT2D eigenvalue weighted by atomic mass is 16.5. The monoisotopic (exact) mass is 265 g/mol. The van der Waals surface area contributed by atoms with E-state index >= 15 is 0 Å². The first-order valence-corrected chi connectivity index (χ1v) is 6.54. The van der Waals surface area contributed by atoms with E-state index in [1.54, 1.807) is 12.3 Å². The van der Waals surface area contributed by atoms with Gasteiger partial charge in [-0.2, -0.15) is 0 Å². The van der Waals surface area contributed by atoms with Crippen LogP contribution in [-0.2, 0) is 0 Å². The van der Waals surface area contributed by atoms with Gasteiger partial charge >= 0.3 is 0 Å². The number of hydrogen-bond acceptors (Lipinski definition) is 3. The molecule has 0 radical (unpaired) electrons. The molecule has 0 aliphatic rings. The van der Waals surface area contributed by atoms with E-state index in [9.17, 15) is 5.11 Å². The number of hydrogen-bond donors (Lipinski definition) is 1. The van der Waals surface area contributed by atoms with Crippen LogP contribution in [0.2, 0.25) is 0 Å². The second kappa shape index (κ2) is 5.72. The number of rotatable bonds is 4. The van der Waals surface area contributed by atoms with Crippen LogP contribution in [0.3, 0.4) is 0 Å². The molecule has 1 aromatic heterocycles. The Hall–Kier alpha value is -2.39. The van der Waals surface area contributed by atoms with Gasteiger partial charge in [-0.05, 0) is 23.6 Å². The minimum atomic E-state index is -0.727. The van der Waals surface area contributed by atoms with Crippen molar-refractivity contribution >= 4 is 10.8 Å². The Bertz CT molecular complexity index is 692. The van der Waals surface area contributed by atoms with Crippen LogP contribution in [-0.4, -0.2) is 16.7 Å². The second-order valence-electron chi connectivity index (χ2n) is 4.56. The van der Waals surface area contributed by atoms with Gasteiger partial charge in [0.25, 0.3) is 0 Å². The molecule has 1 N–H and O–H groups in total. The van der Waals surface area contributed by atoms with Crippen LogP contribution >= 0.6 is 0 Å². The van der Waals surface area contributed by atoms with E-state index in [-0.39, 0.29) is 6.61 Å². The summed E-state index contributed by atoms with van der Waals surface area (Å²) in [5.74, 6) is 0.776. The van der Waals surface area contributed by atoms with Gasteiger partial charge < -0.3 is 9.84 Å².